The lowest BCUT2D eigenvalue weighted by atomic mass is 10.0. The molecule has 6 nitrogen and oxygen atoms in total. The van der Waals surface area contributed by atoms with Crippen molar-refractivity contribution in [2.75, 3.05) is 26.2 Å². The van der Waals surface area contributed by atoms with Crippen LogP contribution in [-0.2, 0) is 16.1 Å². The van der Waals surface area contributed by atoms with Gasteiger partial charge in [-0.3, -0.25) is 14.5 Å². The SMILES string of the molecule is CC(C)CC(=O)NC(C(=O)N1CCN(Cc2ccc(C#N)cc2)CC1)c1ccccc1. The molecule has 1 atom stereocenters. The number of carbonyl (C=O) groups is 2. The average Bonchev–Trinajstić information content (AvgIpc) is 2.78. The van der Waals surface area contributed by atoms with Gasteiger partial charge in [0.1, 0.15) is 6.04 Å². The van der Waals surface area contributed by atoms with E-state index in [1.807, 2.05) is 73.3 Å². The van der Waals surface area contributed by atoms with Gasteiger partial charge in [0.2, 0.25) is 11.8 Å². The summed E-state index contributed by atoms with van der Waals surface area (Å²) in [4.78, 5) is 29.9. The summed E-state index contributed by atoms with van der Waals surface area (Å²) in [6.45, 7) is 7.57. The Hall–Kier alpha value is -3.17. The number of hydrogen-bond donors (Lipinski definition) is 1. The fourth-order valence-electron chi connectivity index (χ4n) is 3.78. The standard InChI is InChI=1S/C25H30N4O2/c1-19(2)16-23(30)27-24(22-6-4-3-5-7-22)25(31)29-14-12-28(13-15-29)18-21-10-8-20(17-26)9-11-21/h3-11,19,24H,12-16,18H2,1-2H3,(H,27,30). The minimum absolute atomic E-state index is 0.0543. The lowest BCUT2D eigenvalue weighted by Gasteiger charge is -2.36. The number of piperazine rings is 1. The molecular formula is C25H30N4O2. The van der Waals surface area contributed by atoms with Crippen LogP contribution in [0.15, 0.2) is 54.6 Å². The molecule has 6 heteroatoms. The molecule has 2 aromatic carbocycles. The van der Waals surface area contributed by atoms with Gasteiger partial charge in [0.25, 0.3) is 0 Å². The van der Waals surface area contributed by atoms with Gasteiger partial charge in [0.05, 0.1) is 11.6 Å². The second-order valence-corrected chi connectivity index (χ2v) is 8.42. The van der Waals surface area contributed by atoms with Crippen molar-refractivity contribution in [2.24, 2.45) is 5.92 Å². The summed E-state index contributed by atoms with van der Waals surface area (Å²) in [6.07, 6.45) is 0.398. The fourth-order valence-corrected chi connectivity index (χ4v) is 3.78. The van der Waals surface area contributed by atoms with Crippen molar-refractivity contribution < 1.29 is 9.59 Å². The Morgan fingerprint density at radius 1 is 1.00 bits per heavy atom. The van der Waals surface area contributed by atoms with Crippen LogP contribution in [0.4, 0.5) is 0 Å². The largest absolute Gasteiger partial charge is 0.341 e. The van der Waals surface area contributed by atoms with Gasteiger partial charge in [0.15, 0.2) is 0 Å². The number of nitrogens with zero attached hydrogens (tertiary/aromatic N) is 3. The van der Waals surface area contributed by atoms with Crippen molar-refractivity contribution in [1.29, 1.82) is 5.26 Å². The Bertz CT molecular complexity index is 911. The van der Waals surface area contributed by atoms with E-state index in [1.165, 1.54) is 0 Å². The molecule has 2 amide bonds. The van der Waals surface area contributed by atoms with Gasteiger partial charge in [-0.05, 0) is 29.2 Å². The van der Waals surface area contributed by atoms with Crippen LogP contribution in [0.5, 0.6) is 0 Å². The van der Waals surface area contributed by atoms with Gasteiger partial charge in [-0.25, -0.2) is 0 Å². The van der Waals surface area contributed by atoms with Crippen LogP contribution in [0.3, 0.4) is 0 Å². The Kier molecular flexibility index (Phi) is 7.80. The lowest BCUT2D eigenvalue weighted by Crippen LogP contribution is -2.51. The highest BCUT2D eigenvalue weighted by Gasteiger charge is 2.29. The third kappa shape index (κ3) is 6.40. The molecule has 1 unspecified atom stereocenters. The first-order valence-corrected chi connectivity index (χ1v) is 10.8. The van der Waals surface area contributed by atoms with E-state index in [1.54, 1.807) is 0 Å². The van der Waals surface area contributed by atoms with Gasteiger partial charge in [-0.15, -0.1) is 0 Å². The Labute approximate surface area is 184 Å². The summed E-state index contributed by atoms with van der Waals surface area (Å²) in [6, 6.07) is 18.6. The van der Waals surface area contributed by atoms with E-state index in [2.05, 4.69) is 16.3 Å². The Morgan fingerprint density at radius 3 is 2.23 bits per heavy atom. The zero-order chi connectivity index (χ0) is 22.2. The normalized spacial score (nSPS) is 15.4. The molecule has 0 saturated carbocycles. The van der Waals surface area contributed by atoms with Crippen LogP contribution in [0, 0.1) is 17.2 Å². The van der Waals surface area contributed by atoms with Gasteiger partial charge >= 0.3 is 0 Å². The molecule has 1 fully saturated rings. The molecule has 0 radical (unpaired) electrons. The van der Waals surface area contributed by atoms with Crippen LogP contribution in [-0.4, -0.2) is 47.8 Å². The first kappa shape index (κ1) is 22.5. The summed E-state index contributed by atoms with van der Waals surface area (Å²) in [7, 11) is 0. The van der Waals surface area contributed by atoms with Crippen LogP contribution < -0.4 is 5.32 Å². The number of amides is 2. The molecular weight excluding hydrogens is 388 g/mol. The van der Waals surface area contributed by atoms with E-state index in [9.17, 15) is 9.59 Å². The number of nitriles is 1. The van der Waals surface area contributed by atoms with Crippen LogP contribution in [0.1, 0.15) is 43.0 Å². The van der Waals surface area contributed by atoms with Crippen molar-refractivity contribution in [1.82, 2.24) is 15.1 Å². The second kappa shape index (κ2) is 10.7. The first-order chi connectivity index (χ1) is 15.0. The molecule has 0 bridgehead atoms. The molecule has 162 valence electrons. The quantitative estimate of drug-likeness (QED) is 0.750. The van der Waals surface area contributed by atoms with Gasteiger partial charge in [-0.1, -0.05) is 56.3 Å². The predicted octanol–water partition coefficient (Wildman–Crippen LogP) is 3.11. The van der Waals surface area contributed by atoms with Gasteiger partial charge in [-0.2, -0.15) is 5.26 Å². The van der Waals surface area contributed by atoms with Crippen molar-refractivity contribution in [3.05, 3.63) is 71.3 Å². The van der Waals surface area contributed by atoms with Crippen LogP contribution >= 0.6 is 0 Å². The van der Waals surface area contributed by atoms with E-state index in [4.69, 9.17) is 5.26 Å². The van der Waals surface area contributed by atoms with Crippen molar-refractivity contribution in [2.45, 2.75) is 32.9 Å². The third-order valence-corrected chi connectivity index (χ3v) is 5.45. The van der Waals surface area contributed by atoms with Gasteiger partial charge < -0.3 is 10.2 Å². The fraction of sp³-hybridized carbons (Fsp3) is 0.400. The number of benzene rings is 2. The van der Waals surface area contributed by atoms with E-state index < -0.39 is 6.04 Å². The van der Waals surface area contributed by atoms with Crippen molar-refractivity contribution >= 4 is 11.8 Å². The minimum Gasteiger partial charge on any atom is -0.341 e. The summed E-state index contributed by atoms with van der Waals surface area (Å²) in [5.74, 6) is 0.0790. The maximum absolute atomic E-state index is 13.3. The number of rotatable bonds is 7. The first-order valence-electron chi connectivity index (χ1n) is 10.8. The number of carbonyl (C=O) groups excluding carboxylic acids is 2. The topological polar surface area (TPSA) is 76.4 Å². The summed E-state index contributed by atoms with van der Waals surface area (Å²) in [5.41, 5.74) is 2.62. The molecule has 1 N–H and O–H groups in total. The molecule has 2 aromatic rings. The van der Waals surface area contributed by atoms with E-state index in [0.717, 1.165) is 30.8 Å². The van der Waals surface area contributed by atoms with Crippen molar-refractivity contribution in [3.8, 4) is 6.07 Å². The predicted molar refractivity (Wildman–Crippen MR) is 120 cm³/mol. The molecule has 3 rings (SSSR count). The maximum Gasteiger partial charge on any atom is 0.249 e. The van der Waals surface area contributed by atoms with Crippen LogP contribution in [0.25, 0.3) is 0 Å². The van der Waals surface area contributed by atoms with Gasteiger partial charge in [0, 0.05) is 39.1 Å². The number of nitrogens with one attached hydrogen (secondary N) is 1. The van der Waals surface area contributed by atoms with Crippen molar-refractivity contribution in [3.63, 3.8) is 0 Å². The number of hydrogen-bond acceptors (Lipinski definition) is 4. The summed E-state index contributed by atoms with van der Waals surface area (Å²) >= 11 is 0. The third-order valence-electron chi connectivity index (χ3n) is 5.45. The van der Waals surface area contributed by atoms with Crippen LogP contribution in [0.2, 0.25) is 0 Å². The summed E-state index contributed by atoms with van der Waals surface area (Å²) in [5, 5.41) is 11.9. The summed E-state index contributed by atoms with van der Waals surface area (Å²) < 4.78 is 0. The highest BCUT2D eigenvalue weighted by atomic mass is 16.2. The molecule has 0 aliphatic carbocycles. The zero-order valence-corrected chi connectivity index (χ0v) is 18.3. The monoisotopic (exact) mass is 418 g/mol. The van der Waals surface area contributed by atoms with E-state index >= 15 is 0 Å². The Balaban J connectivity index is 1.61. The molecule has 1 saturated heterocycles. The zero-order valence-electron chi connectivity index (χ0n) is 18.3. The highest BCUT2D eigenvalue weighted by Crippen LogP contribution is 2.19. The van der Waals surface area contributed by atoms with E-state index in [-0.39, 0.29) is 17.7 Å². The highest BCUT2D eigenvalue weighted by molar-refractivity contribution is 5.88. The average molecular weight is 419 g/mol. The van der Waals surface area contributed by atoms with E-state index in [0.29, 0.717) is 25.1 Å². The molecule has 1 heterocycles. The smallest absolute Gasteiger partial charge is 0.249 e. The molecule has 1 aliphatic heterocycles. The maximum atomic E-state index is 13.3. The lowest BCUT2D eigenvalue weighted by molar-refractivity contribution is -0.138. The minimum atomic E-state index is -0.655. The molecule has 1 aliphatic rings. The molecule has 0 spiro atoms. The molecule has 31 heavy (non-hydrogen) atoms. The second-order valence-electron chi connectivity index (χ2n) is 8.42. The Morgan fingerprint density at radius 2 is 1.65 bits per heavy atom. The molecule has 0 aromatic heterocycles.